The zero-order valence-corrected chi connectivity index (χ0v) is 15.2. The molecule has 0 saturated heterocycles. The number of nitrogens with one attached hydrogen (secondary N) is 2. The third-order valence-electron chi connectivity index (χ3n) is 4.08. The molecule has 2 aromatic carbocycles. The topological polar surface area (TPSA) is 66.9 Å². The lowest BCUT2D eigenvalue weighted by molar-refractivity contribution is 0.0946. The number of hydrogen-bond donors (Lipinski definition) is 2. The summed E-state index contributed by atoms with van der Waals surface area (Å²) < 4.78 is 12.9. The van der Waals surface area contributed by atoms with Crippen LogP contribution < -0.4 is 10.6 Å². The third-order valence-corrected chi connectivity index (χ3v) is 4.08. The molecule has 27 heavy (non-hydrogen) atoms. The number of aromatic nitrogens is 2. The summed E-state index contributed by atoms with van der Waals surface area (Å²) in [5.41, 5.74) is 3.13. The molecule has 1 aromatic heterocycles. The molecular weight excluding hydrogens is 343 g/mol. The Balaban J connectivity index is 1.70. The number of nitrogens with zero attached hydrogens (tertiary/aromatic N) is 2. The average molecular weight is 364 g/mol. The Hall–Kier alpha value is -3.28. The maximum atomic E-state index is 12.9. The number of hydrogen-bond acceptors (Lipinski definition) is 4. The fourth-order valence-electron chi connectivity index (χ4n) is 2.66. The van der Waals surface area contributed by atoms with Crippen molar-refractivity contribution in [1.82, 2.24) is 15.3 Å². The summed E-state index contributed by atoms with van der Waals surface area (Å²) in [6, 6.07) is 15.5. The van der Waals surface area contributed by atoms with Crippen LogP contribution in [0.25, 0.3) is 0 Å². The predicted octanol–water partition coefficient (Wildman–Crippen LogP) is 4.41. The van der Waals surface area contributed by atoms with Gasteiger partial charge in [-0.2, -0.15) is 0 Å². The van der Waals surface area contributed by atoms with Crippen molar-refractivity contribution in [2.75, 3.05) is 5.32 Å². The Kier molecular flexibility index (Phi) is 5.76. The molecule has 138 valence electrons. The van der Waals surface area contributed by atoms with Gasteiger partial charge in [0.2, 0.25) is 5.95 Å². The average Bonchev–Trinajstić information content (AvgIpc) is 2.68. The number of rotatable bonds is 6. The van der Waals surface area contributed by atoms with Crippen molar-refractivity contribution in [2.24, 2.45) is 0 Å². The predicted molar refractivity (Wildman–Crippen MR) is 103 cm³/mol. The van der Waals surface area contributed by atoms with Crippen LogP contribution in [0.1, 0.15) is 41.4 Å². The van der Waals surface area contributed by atoms with Gasteiger partial charge < -0.3 is 10.6 Å². The highest BCUT2D eigenvalue weighted by molar-refractivity contribution is 5.92. The molecule has 0 aliphatic heterocycles. The van der Waals surface area contributed by atoms with Crippen molar-refractivity contribution in [1.29, 1.82) is 0 Å². The Morgan fingerprint density at radius 2 is 1.81 bits per heavy atom. The summed E-state index contributed by atoms with van der Waals surface area (Å²) in [6.07, 6.45) is 1.54. The summed E-state index contributed by atoms with van der Waals surface area (Å²) in [6.45, 7) is 4.52. The molecule has 3 rings (SSSR count). The van der Waals surface area contributed by atoms with Crippen molar-refractivity contribution in [3.63, 3.8) is 0 Å². The van der Waals surface area contributed by atoms with Crippen LogP contribution in [0.5, 0.6) is 0 Å². The second-order valence-corrected chi connectivity index (χ2v) is 6.44. The van der Waals surface area contributed by atoms with Crippen LogP contribution >= 0.6 is 0 Å². The Labute approximate surface area is 157 Å². The van der Waals surface area contributed by atoms with E-state index in [4.69, 9.17) is 0 Å². The first kappa shape index (κ1) is 18.5. The lowest BCUT2D eigenvalue weighted by Gasteiger charge is -2.13. The Morgan fingerprint density at radius 3 is 2.56 bits per heavy atom. The van der Waals surface area contributed by atoms with Gasteiger partial charge in [-0.3, -0.25) is 4.79 Å². The minimum Gasteiger partial charge on any atom is -0.347 e. The van der Waals surface area contributed by atoms with Gasteiger partial charge in [0.1, 0.15) is 11.5 Å². The lowest BCUT2D eigenvalue weighted by Crippen LogP contribution is -2.24. The van der Waals surface area contributed by atoms with Crippen molar-refractivity contribution < 1.29 is 9.18 Å². The number of para-hydroxylation sites is 1. The van der Waals surface area contributed by atoms with Crippen LogP contribution in [-0.2, 0) is 6.54 Å². The first-order valence-electron chi connectivity index (χ1n) is 8.74. The summed E-state index contributed by atoms with van der Waals surface area (Å²) in [5, 5.41) is 5.96. The number of carbonyl (C=O) groups is 1. The lowest BCUT2D eigenvalue weighted by atomic mass is 10.0. The van der Waals surface area contributed by atoms with Crippen LogP contribution in [0.15, 0.2) is 60.8 Å². The zero-order valence-electron chi connectivity index (χ0n) is 15.2. The minimum absolute atomic E-state index is 0.261. The second kappa shape index (κ2) is 8.40. The molecule has 0 radical (unpaired) electrons. The van der Waals surface area contributed by atoms with Gasteiger partial charge in [0.25, 0.3) is 5.91 Å². The van der Waals surface area contributed by atoms with E-state index in [1.54, 1.807) is 24.4 Å². The van der Waals surface area contributed by atoms with Crippen molar-refractivity contribution in [2.45, 2.75) is 26.3 Å². The van der Waals surface area contributed by atoms with Gasteiger partial charge in [-0.05, 0) is 41.3 Å². The number of anilines is 2. The highest BCUT2D eigenvalue weighted by Crippen LogP contribution is 2.25. The minimum atomic E-state index is -0.318. The largest absolute Gasteiger partial charge is 0.347 e. The maximum absolute atomic E-state index is 12.9. The van der Waals surface area contributed by atoms with E-state index in [0.717, 1.165) is 16.8 Å². The smallest absolute Gasteiger partial charge is 0.270 e. The fourth-order valence-corrected chi connectivity index (χ4v) is 2.66. The van der Waals surface area contributed by atoms with Gasteiger partial charge in [-0.15, -0.1) is 0 Å². The molecule has 0 aliphatic rings. The summed E-state index contributed by atoms with van der Waals surface area (Å²) >= 11 is 0. The molecule has 1 heterocycles. The monoisotopic (exact) mass is 364 g/mol. The summed E-state index contributed by atoms with van der Waals surface area (Å²) in [7, 11) is 0. The van der Waals surface area contributed by atoms with E-state index < -0.39 is 0 Å². The molecule has 0 saturated carbocycles. The van der Waals surface area contributed by atoms with E-state index in [0.29, 0.717) is 18.4 Å². The van der Waals surface area contributed by atoms with Crippen LogP contribution in [-0.4, -0.2) is 15.9 Å². The summed E-state index contributed by atoms with van der Waals surface area (Å²) in [5.74, 6) is 0.0774. The van der Waals surface area contributed by atoms with Crippen LogP contribution in [0.3, 0.4) is 0 Å². The third kappa shape index (κ3) is 4.88. The molecule has 0 bridgehead atoms. The van der Waals surface area contributed by atoms with E-state index in [9.17, 15) is 9.18 Å². The first-order valence-corrected chi connectivity index (χ1v) is 8.74. The standard InChI is InChI=1S/C21H21FN4O/c1-14(2)17-5-3-4-6-18(17)25-21-23-12-11-19(26-21)20(27)24-13-15-7-9-16(22)10-8-15/h3-12,14H,13H2,1-2H3,(H,24,27)(H,23,25,26). The quantitative estimate of drug-likeness (QED) is 0.680. The Bertz CT molecular complexity index is 925. The fraction of sp³-hybridized carbons (Fsp3) is 0.190. The van der Waals surface area contributed by atoms with E-state index in [-0.39, 0.29) is 17.4 Å². The molecule has 0 fully saturated rings. The number of carbonyl (C=O) groups excluding carboxylic acids is 1. The van der Waals surface area contributed by atoms with E-state index in [1.165, 1.54) is 12.1 Å². The molecule has 6 heteroatoms. The van der Waals surface area contributed by atoms with Gasteiger partial charge >= 0.3 is 0 Å². The number of halogens is 1. The van der Waals surface area contributed by atoms with Gasteiger partial charge in [0.05, 0.1) is 0 Å². The SMILES string of the molecule is CC(C)c1ccccc1Nc1nccc(C(=O)NCc2ccc(F)cc2)n1. The van der Waals surface area contributed by atoms with Gasteiger partial charge in [-0.1, -0.05) is 44.2 Å². The molecule has 0 unspecified atom stereocenters. The zero-order chi connectivity index (χ0) is 19.2. The molecule has 0 atom stereocenters. The van der Waals surface area contributed by atoms with Gasteiger partial charge in [-0.25, -0.2) is 14.4 Å². The molecular formula is C21H21FN4O. The molecule has 5 nitrogen and oxygen atoms in total. The van der Waals surface area contributed by atoms with E-state index in [2.05, 4.69) is 34.4 Å². The van der Waals surface area contributed by atoms with E-state index in [1.807, 2.05) is 24.3 Å². The maximum Gasteiger partial charge on any atom is 0.270 e. The summed E-state index contributed by atoms with van der Waals surface area (Å²) in [4.78, 5) is 20.9. The van der Waals surface area contributed by atoms with Gasteiger partial charge in [0, 0.05) is 18.4 Å². The number of benzene rings is 2. The normalized spacial score (nSPS) is 10.7. The Morgan fingerprint density at radius 1 is 1.07 bits per heavy atom. The van der Waals surface area contributed by atoms with Crippen LogP contribution in [0.4, 0.5) is 16.0 Å². The molecule has 0 aliphatic carbocycles. The molecule has 0 spiro atoms. The molecule has 2 N–H and O–H groups in total. The highest BCUT2D eigenvalue weighted by Gasteiger charge is 2.11. The molecule has 1 amide bonds. The van der Waals surface area contributed by atoms with Crippen LogP contribution in [0, 0.1) is 5.82 Å². The van der Waals surface area contributed by atoms with E-state index >= 15 is 0 Å². The molecule has 3 aromatic rings. The van der Waals surface area contributed by atoms with Gasteiger partial charge in [0.15, 0.2) is 0 Å². The number of amides is 1. The highest BCUT2D eigenvalue weighted by atomic mass is 19.1. The second-order valence-electron chi connectivity index (χ2n) is 6.44. The van der Waals surface area contributed by atoms with Crippen LogP contribution in [0.2, 0.25) is 0 Å². The van der Waals surface area contributed by atoms with Crippen molar-refractivity contribution in [3.8, 4) is 0 Å². The first-order chi connectivity index (χ1) is 13.0. The van der Waals surface area contributed by atoms with Crippen molar-refractivity contribution >= 4 is 17.5 Å². The van der Waals surface area contributed by atoms with Crippen molar-refractivity contribution in [3.05, 3.63) is 83.4 Å².